The van der Waals surface area contributed by atoms with Gasteiger partial charge in [-0.15, -0.1) is 0 Å². The molecule has 0 aliphatic heterocycles. The number of carbonyl (C=O) groups is 4. The van der Waals surface area contributed by atoms with Crippen LogP contribution in [0.3, 0.4) is 0 Å². The highest BCUT2D eigenvalue weighted by Gasteiger charge is 2.63. The normalized spacial score (nSPS) is 29.2. The quantitative estimate of drug-likeness (QED) is 0.523. The molecule has 0 heterocycles. The molecule has 4 unspecified atom stereocenters. The van der Waals surface area contributed by atoms with Crippen molar-refractivity contribution in [3.8, 4) is 5.75 Å². The summed E-state index contributed by atoms with van der Waals surface area (Å²) in [5.41, 5.74) is 0.0532. The van der Waals surface area contributed by atoms with Gasteiger partial charge in [-0.1, -0.05) is 31.9 Å². The number of rotatable bonds is 5. The predicted molar refractivity (Wildman–Crippen MR) is 122 cm³/mol. The van der Waals surface area contributed by atoms with Crippen molar-refractivity contribution in [2.24, 2.45) is 23.7 Å². The van der Waals surface area contributed by atoms with Crippen LogP contribution in [-0.2, 0) is 27.2 Å². The van der Waals surface area contributed by atoms with Crippen molar-refractivity contribution in [2.45, 2.75) is 71.8 Å². The van der Waals surface area contributed by atoms with Gasteiger partial charge >= 0.3 is 0 Å². The van der Waals surface area contributed by atoms with Gasteiger partial charge in [0, 0.05) is 5.92 Å². The number of aromatic hydroxyl groups is 1. The van der Waals surface area contributed by atoms with Crippen molar-refractivity contribution in [1.29, 1.82) is 0 Å². The highest BCUT2D eigenvalue weighted by atomic mass is 16.3. The van der Waals surface area contributed by atoms with Crippen molar-refractivity contribution in [1.82, 2.24) is 0 Å². The fraction of sp³-hybridized carbons (Fsp3) is 0.556. The third-order valence-electron chi connectivity index (χ3n) is 7.82. The van der Waals surface area contributed by atoms with Gasteiger partial charge in [0.05, 0.1) is 17.1 Å². The third-order valence-corrected chi connectivity index (χ3v) is 7.82. The van der Waals surface area contributed by atoms with Crippen LogP contribution in [0.5, 0.6) is 5.75 Å². The average Bonchev–Trinajstić information content (AvgIpc) is 2.71. The second-order valence-electron chi connectivity index (χ2n) is 10.5. The van der Waals surface area contributed by atoms with Crippen LogP contribution >= 0.6 is 0 Å². The molecule has 0 radical (unpaired) electrons. The van der Waals surface area contributed by atoms with E-state index in [1.54, 1.807) is 6.92 Å². The van der Waals surface area contributed by atoms with E-state index in [4.69, 9.17) is 0 Å². The van der Waals surface area contributed by atoms with Crippen molar-refractivity contribution in [3.63, 3.8) is 0 Å². The molecule has 176 valence electrons. The summed E-state index contributed by atoms with van der Waals surface area (Å²) in [6.07, 6.45) is 3.86. The first-order chi connectivity index (χ1) is 15.5. The summed E-state index contributed by atoms with van der Waals surface area (Å²) in [5, 5.41) is 21.9. The van der Waals surface area contributed by atoms with Crippen LogP contribution in [-0.4, -0.2) is 38.9 Å². The highest BCUT2D eigenvalue weighted by molar-refractivity contribution is 6.32. The van der Waals surface area contributed by atoms with Crippen LogP contribution in [0.1, 0.15) is 74.9 Å². The summed E-state index contributed by atoms with van der Waals surface area (Å²) in [5.74, 6) is -4.49. The number of aliphatic hydroxyl groups is 1. The molecular formula is C27H32O6. The van der Waals surface area contributed by atoms with Gasteiger partial charge < -0.3 is 10.2 Å². The third kappa shape index (κ3) is 3.59. The Labute approximate surface area is 194 Å². The molecule has 3 aliphatic carbocycles. The molecule has 0 amide bonds. The molecule has 1 fully saturated rings. The molecule has 0 aromatic heterocycles. The van der Waals surface area contributed by atoms with Crippen LogP contribution in [0, 0.1) is 23.7 Å². The number of carbonyl (C=O) groups excluding carboxylic acids is 4. The summed E-state index contributed by atoms with van der Waals surface area (Å²) in [7, 11) is 0. The molecule has 0 bridgehead atoms. The van der Waals surface area contributed by atoms with Crippen molar-refractivity contribution in [2.75, 3.05) is 0 Å². The van der Waals surface area contributed by atoms with Gasteiger partial charge in [0.2, 0.25) is 5.78 Å². The fourth-order valence-corrected chi connectivity index (χ4v) is 6.24. The molecule has 1 aromatic carbocycles. The van der Waals surface area contributed by atoms with Crippen LogP contribution in [0.2, 0.25) is 0 Å². The maximum absolute atomic E-state index is 13.6. The smallest absolute Gasteiger partial charge is 0.205 e. The summed E-state index contributed by atoms with van der Waals surface area (Å²) < 4.78 is 0. The maximum Gasteiger partial charge on any atom is 0.205 e. The van der Waals surface area contributed by atoms with Crippen LogP contribution in [0.15, 0.2) is 23.3 Å². The van der Waals surface area contributed by atoms with E-state index in [9.17, 15) is 29.4 Å². The molecular weight excluding hydrogens is 420 g/mol. The summed E-state index contributed by atoms with van der Waals surface area (Å²) in [6.45, 7) is 7.26. The van der Waals surface area contributed by atoms with Crippen LogP contribution in [0.25, 0.3) is 0 Å². The molecule has 33 heavy (non-hydrogen) atoms. The Hall–Kier alpha value is -2.60. The number of phenolic OH excluding ortho intramolecular Hbond substituents is 1. The molecule has 4 atom stereocenters. The summed E-state index contributed by atoms with van der Waals surface area (Å²) >= 11 is 0. The van der Waals surface area contributed by atoms with Crippen molar-refractivity contribution in [3.05, 3.63) is 40.0 Å². The second kappa shape index (κ2) is 8.32. The molecule has 3 aliphatic rings. The zero-order valence-electron chi connectivity index (χ0n) is 19.7. The zero-order valence-corrected chi connectivity index (χ0v) is 19.7. The SMILES string of the molecule is CC(=O)C1=C(C)CC2CC3Cc4c(CCCC(C)C)ccc(O)c4C(=O)C3C(=O)C2(O)C1=O. The van der Waals surface area contributed by atoms with Gasteiger partial charge in [0.1, 0.15) is 5.75 Å². The number of allylic oxidation sites excluding steroid dienone is 1. The van der Waals surface area contributed by atoms with E-state index in [0.717, 1.165) is 30.4 Å². The average molecular weight is 453 g/mol. The largest absolute Gasteiger partial charge is 0.507 e. The van der Waals surface area contributed by atoms with E-state index >= 15 is 0 Å². The Morgan fingerprint density at radius 3 is 2.52 bits per heavy atom. The molecule has 2 N–H and O–H groups in total. The van der Waals surface area contributed by atoms with Crippen LogP contribution < -0.4 is 0 Å². The molecule has 4 rings (SSSR count). The second-order valence-corrected chi connectivity index (χ2v) is 10.5. The van der Waals surface area contributed by atoms with E-state index in [1.807, 2.05) is 6.07 Å². The Balaban J connectivity index is 1.74. The van der Waals surface area contributed by atoms with Gasteiger partial charge in [-0.3, -0.25) is 19.2 Å². The number of phenols is 1. The van der Waals surface area contributed by atoms with Gasteiger partial charge in [0.15, 0.2) is 23.0 Å². The number of hydrogen-bond donors (Lipinski definition) is 2. The van der Waals surface area contributed by atoms with Gasteiger partial charge in [-0.05, 0) is 75.0 Å². The lowest BCUT2D eigenvalue weighted by atomic mass is 9.54. The van der Waals surface area contributed by atoms with E-state index in [1.165, 1.54) is 13.0 Å². The Kier molecular flexibility index (Phi) is 5.94. The maximum atomic E-state index is 13.6. The summed E-state index contributed by atoms with van der Waals surface area (Å²) in [4.78, 5) is 52.3. The lowest BCUT2D eigenvalue weighted by Crippen LogP contribution is -2.64. The minimum absolute atomic E-state index is 0.125. The number of ketones is 4. The summed E-state index contributed by atoms with van der Waals surface area (Å²) in [6, 6.07) is 3.36. The first kappa shape index (κ1) is 23.6. The predicted octanol–water partition coefficient (Wildman–Crippen LogP) is 3.54. The number of aryl methyl sites for hydroxylation is 1. The molecule has 1 aromatic rings. The molecule has 0 spiro atoms. The van der Waals surface area contributed by atoms with E-state index in [-0.39, 0.29) is 29.2 Å². The topological polar surface area (TPSA) is 109 Å². The highest BCUT2D eigenvalue weighted by Crippen LogP contribution is 2.51. The number of fused-ring (bicyclic) bond motifs is 3. The molecule has 1 saturated carbocycles. The van der Waals surface area contributed by atoms with E-state index < -0.39 is 40.6 Å². The van der Waals surface area contributed by atoms with Crippen molar-refractivity contribution < 1.29 is 29.4 Å². The lowest BCUT2D eigenvalue weighted by molar-refractivity contribution is -0.165. The van der Waals surface area contributed by atoms with Gasteiger partial charge in [0.25, 0.3) is 0 Å². The number of hydrogen-bond acceptors (Lipinski definition) is 6. The van der Waals surface area contributed by atoms with Crippen LogP contribution in [0.4, 0.5) is 0 Å². The monoisotopic (exact) mass is 452 g/mol. The standard InChI is InChI=1S/C27H32O6/c1-13(2)6-5-7-16-8-9-20(29)23-19(16)12-17-11-18-10-14(3)21(15(4)28)25(31)27(18,33)26(32)22(17)24(23)30/h8-9,13,17-18,22,29,33H,5-7,10-12H2,1-4H3. The van der Waals surface area contributed by atoms with Gasteiger partial charge in [-0.2, -0.15) is 0 Å². The minimum atomic E-state index is -2.36. The number of Topliss-reactive ketones (excluding diaryl/α,β-unsaturated/α-hetero) is 4. The first-order valence-corrected chi connectivity index (χ1v) is 11.9. The molecule has 6 heteroatoms. The molecule has 6 nitrogen and oxygen atoms in total. The van der Waals surface area contributed by atoms with Crippen molar-refractivity contribution >= 4 is 23.1 Å². The van der Waals surface area contributed by atoms with Gasteiger partial charge in [-0.25, -0.2) is 0 Å². The molecule has 0 saturated heterocycles. The minimum Gasteiger partial charge on any atom is -0.507 e. The fourth-order valence-electron chi connectivity index (χ4n) is 6.24. The van der Waals surface area contributed by atoms with E-state index in [2.05, 4.69) is 13.8 Å². The zero-order chi connectivity index (χ0) is 24.2. The van der Waals surface area contributed by atoms with E-state index in [0.29, 0.717) is 24.3 Å². The number of benzene rings is 1. The Bertz CT molecular complexity index is 1090. The Morgan fingerprint density at radius 2 is 1.88 bits per heavy atom. The first-order valence-electron chi connectivity index (χ1n) is 11.9. The lowest BCUT2D eigenvalue weighted by Gasteiger charge is -2.48. The Morgan fingerprint density at radius 1 is 1.18 bits per heavy atom.